The van der Waals surface area contributed by atoms with Crippen molar-refractivity contribution in [2.24, 2.45) is 0 Å². The Hall–Kier alpha value is -2.86. The van der Waals surface area contributed by atoms with E-state index in [0.29, 0.717) is 11.3 Å². The molecule has 2 aromatic carbocycles. The summed E-state index contributed by atoms with van der Waals surface area (Å²) in [6, 6.07) is 17.7. The zero-order valence-electron chi connectivity index (χ0n) is 13.5. The molecule has 124 valence electrons. The number of hydrogen-bond donors (Lipinski definition) is 1. The van der Waals surface area contributed by atoms with Crippen LogP contribution in [-0.2, 0) is 11.2 Å². The Morgan fingerprint density at radius 3 is 2.48 bits per heavy atom. The van der Waals surface area contributed by atoms with E-state index < -0.39 is 0 Å². The Balaban J connectivity index is 1.86. The largest absolute Gasteiger partial charge is 0.292 e. The van der Waals surface area contributed by atoms with E-state index in [0.717, 1.165) is 15.6 Å². The van der Waals surface area contributed by atoms with Crippen LogP contribution in [0.4, 0.5) is 0 Å². The van der Waals surface area contributed by atoms with Crippen LogP contribution < -0.4 is 5.32 Å². The van der Waals surface area contributed by atoms with Gasteiger partial charge in [-0.05, 0) is 31.2 Å². The zero-order valence-corrected chi connectivity index (χ0v) is 14.3. The van der Waals surface area contributed by atoms with E-state index in [1.165, 1.54) is 17.3 Å². The number of nitrogens with zero attached hydrogens (tertiary/aromatic N) is 2. The summed E-state index contributed by atoms with van der Waals surface area (Å²) in [7, 11) is 0. The van der Waals surface area contributed by atoms with Gasteiger partial charge in [-0.15, -0.1) is 0 Å². The quantitative estimate of drug-likeness (QED) is 0.738. The molecular formula is C19H15N3O2S. The first-order valence-electron chi connectivity index (χ1n) is 7.88. The van der Waals surface area contributed by atoms with Crippen LogP contribution in [0.15, 0.2) is 64.5 Å². The zero-order chi connectivity index (χ0) is 17.4. The number of imide groups is 1. The third-order valence-corrected chi connectivity index (χ3v) is 5.04. The van der Waals surface area contributed by atoms with Gasteiger partial charge in [0.15, 0.2) is 0 Å². The van der Waals surface area contributed by atoms with E-state index in [1.54, 1.807) is 4.68 Å². The number of aryl methyl sites for hydroxylation is 1. The molecule has 1 N–H and O–H groups in total. The van der Waals surface area contributed by atoms with E-state index in [4.69, 9.17) is 0 Å². The molecule has 2 amide bonds. The lowest BCUT2D eigenvalue weighted by atomic mass is 10.1. The van der Waals surface area contributed by atoms with Gasteiger partial charge in [0.25, 0.3) is 5.91 Å². The first kappa shape index (κ1) is 15.7. The van der Waals surface area contributed by atoms with E-state index in [1.807, 2.05) is 61.5 Å². The molecule has 6 heteroatoms. The summed E-state index contributed by atoms with van der Waals surface area (Å²) in [5, 5.41) is 7.66. The summed E-state index contributed by atoms with van der Waals surface area (Å²) in [4.78, 5) is 25.1. The molecule has 0 spiro atoms. The number of benzene rings is 2. The van der Waals surface area contributed by atoms with Gasteiger partial charge >= 0.3 is 0 Å². The Kier molecular flexibility index (Phi) is 3.89. The number of rotatable bonds is 3. The van der Waals surface area contributed by atoms with Crippen LogP contribution in [0.5, 0.6) is 0 Å². The molecule has 1 aromatic heterocycles. The van der Waals surface area contributed by atoms with Gasteiger partial charge in [0, 0.05) is 4.90 Å². The second-order valence-corrected chi connectivity index (χ2v) is 6.91. The van der Waals surface area contributed by atoms with Gasteiger partial charge in [0.2, 0.25) is 5.91 Å². The molecule has 0 unspecified atom stereocenters. The van der Waals surface area contributed by atoms with Crippen LogP contribution in [0.1, 0.15) is 21.6 Å². The van der Waals surface area contributed by atoms with Gasteiger partial charge in [-0.2, -0.15) is 5.10 Å². The van der Waals surface area contributed by atoms with Gasteiger partial charge in [-0.25, -0.2) is 4.68 Å². The Bertz CT molecular complexity index is 962. The lowest BCUT2D eigenvalue weighted by molar-refractivity contribution is -0.119. The molecule has 4 rings (SSSR count). The molecule has 0 radical (unpaired) electrons. The van der Waals surface area contributed by atoms with Crippen molar-refractivity contribution < 1.29 is 9.59 Å². The molecule has 0 saturated carbocycles. The highest BCUT2D eigenvalue weighted by Gasteiger charge is 2.31. The number of para-hydroxylation sites is 1. The minimum atomic E-state index is -0.386. The molecule has 0 fully saturated rings. The maximum Gasteiger partial charge on any atom is 0.262 e. The van der Waals surface area contributed by atoms with Crippen molar-refractivity contribution in [2.75, 3.05) is 0 Å². The van der Waals surface area contributed by atoms with Gasteiger partial charge < -0.3 is 0 Å². The van der Waals surface area contributed by atoms with Gasteiger partial charge in [-0.1, -0.05) is 47.7 Å². The lowest BCUT2D eigenvalue weighted by Crippen LogP contribution is -2.37. The summed E-state index contributed by atoms with van der Waals surface area (Å²) in [6.07, 6.45) is 0.113. The summed E-state index contributed by atoms with van der Waals surface area (Å²) in [5.41, 5.74) is 3.03. The van der Waals surface area contributed by atoms with E-state index in [-0.39, 0.29) is 18.2 Å². The SMILES string of the molecule is Cc1ccc(Sc2c3c(nn2-c2ccccc2)CC(=O)NC3=O)cc1. The fraction of sp³-hybridized carbons (Fsp3) is 0.105. The van der Waals surface area contributed by atoms with Crippen LogP contribution in [-0.4, -0.2) is 21.6 Å². The highest BCUT2D eigenvalue weighted by atomic mass is 32.2. The molecule has 0 aliphatic carbocycles. The highest BCUT2D eigenvalue weighted by Crippen LogP contribution is 2.35. The van der Waals surface area contributed by atoms with Gasteiger partial charge in [0.05, 0.1) is 23.4 Å². The fourth-order valence-electron chi connectivity index (χ4n) is 2.74. The van der Waals surface area contributed by atoms with E-state index in [2.05, 4.69) is 10.4 Å². The smallest absolute Gasteiger partial charge is 0.262 e. The summed E-state index contributed by atoms with van der Waals surface area (Å²) in [5.74, 6) is -0.704. The summed E-state index contributed by atoms with van der Waals surface area (Å²) in [6.45, 7) is 2.03. The van der Waals surface area contributed by atoms with Crippen LogP contribution in [0, 0.1) is 6.92 Å². The van der Waals surface area contributed by atoms with Crippen LogP contribution in [0.2, 0.25) is 0 Å². The van der Waals surface area contributed by atoms with Crippen molar-refractivity contribution in [1.29, 1.82) is 0 Å². The fourth-order valence-corrected chi connectivity index (χ4v) is 3.78. The van der Waals surface area contributed by atoms with Crippen molar-refractivity contribution in [3.8, 4) is 5.69 Å². The molecule has 5 nitrogen and oxygen atoms in total. The van der Waals surface area contributed by atoms with Crippen molar-refractivity contribution in [3.05, 3.63) is 71.4 Å². The monoisotopic (exact) mass is 349 g/mol. The van der Waals surface area contributed by atoms with Crippen LogP contribution >= 0.6 is 11.8 Å². The summed E-state index contributed by atoms with van der Waals surface area (Å²) >= 11 is 1.47. The standard InChI is InChI=1S/C19H15N3O2S/c1-12-7-9-14(10-8-12)25-19-17-15(11-16(23)20-18(17)24)21-22(19)13-5-3-2-4-6-13/h2-10H,11H2,1H3,(H,20,23,24). The van der Waals surface area contributed by atoms with Gasteiger partial charge in [-0.3, -0.25) is 14.9 Å². The molecule has 0 saturated heterocycles. The first-order chi connectivity index (χ1) is 12.1. The average molecular weight is 349 g/mol. The second kappa shape index (κ2) is 6.22. The number of carbonyl (C=O) groups is 2. The normalized spacial score (nSPS) is 13.5. The van der Waals surface area contributed by atoms with Crippen LogP contribution in [0.25, 0.3) is 5.69 Å². The predicted octanol–water partition coefficient (Wildman–Crippen LogP) is 3.14. The second-order valence-electron chi connectivity index (χ2n) is 5.84. The topological polar surface area (TPSA) is 64.0 Å². The number of nitrogens with one attached hydrogen (secondary N) is 1. The van der Waals surface area contributed by atoms with Gasteiger partial charge in [0.1, 0.15) is 5.03 Å². The minimum Gasteiger partial charge on any atom is -0.292 e. The Morgan fingerprint density at radius 2 is 1.76 bits per heavy atom. The number of hydrogen-bond acceptors (Lipinski definition) is 4. The molecule has 0 atom stereocenters. The maximum atomic E-state index is 12.4. The third-order valence-electron chi connectivity index (χ3n) is 3.96. The Labute approximate surface area is 149 Å². The number of fused-ring (bicyclic) bond motifs is 1. The highest BCUT2D eigenvalue weighted by molar-refractivity contribution is 7.99. The molecular weight excluding hydrogens is 334 g/mol. The Morgan fingerprint density at radius 1 is 1.04 bits per heavy atom. The predicted molar refractivity (Wildman–Crippen MR) is 95.0 cm³/mol. The number of carbonyl (C=O) groups excluding carboxylic acids is 2. The molecule has 25 heavy (non-hydrogen) atoms. The van der Waals surface area contributed by atoms with E-state index in [9.17, 15) is 9.59 Å². The van der Waals surface area contributed by atoms with E-state index >= 15 is 0 Å². The van der Waals surface area contributed by atoms with Crippen molar-refractivity contribution in [2.45, 2.75) is 23.3 Å². The van der Waals surface area contributed by atoms with Crippen molar-refractivity contribution >= 4 is 23.6 Å². The van der Waals surface area contributed by atoms with Crippen LogP contribution in [0.3, 0.4) is 0 Å². The minimum absolute atomic E-state index is 0.113. The molecule has 1 aliphatic heterocycles. The maximum absolute atomic E-state index is 12.4. The number of amides is 2. The molecule has 0 bridgehead atoms. The molecule has 2 heterocycles. The third kappa shape index (κ3) is 2.96. The molecule has 3 aromatic rings. The molecule has 1 aliphatic rings. The van der Waals surface area contributed by atoms with Crippen molar-refractivity contribution in [3.63, 3.8) is 0 Å². The van der Waals surface area contributed by atoms with Crippen molar-refractivity contribution in [1.82, 2.24) is 15.1 Å². The first-order valence-corrected chi connectivity index (χ1v) is 8.69. The summed E-state index contributed by atoms with van der Waals surface area (Å²) < 4.78 is 1.74. The number of aromatic nitrogens is 2. The lowest BCUT2D eigenvalue weighted by Gasteiger charge is -2.12. The average Bonchev–Trinajstić information content (AvgIpc) is 2.96.